The van der Waals surface area contributed by atoms with Crippen molar-refractivity contribution in [1.29, 1.82) is 0 Å². The lowest BCUT2D eigenvalue weighted by Crippen LogP contribution is -2.27. The van der Waals surface area contributed by atoms with Crippen LogP contribution in [0.5, 0.6) is 0 Å². The maximum atomic E-state index is 12.5. The predicted octanol–water partition coefficient (Wildman–Crippen LogP) is 3.39. The molecule has 0 bridgehead atoms. The van der Waals surface area contributed by atoms with Gasteiger partial charge in [0.05, 0.1) is 12.6 Å². The summed E-state index contributed by atoms with van der Waals surface area (Å²) in [5, 5.41) is 7.04. The van der Waals surface area contributed by atoms with E-state index in [9.17, 15) is 4.79 Å². The standard InChI is InChI=1S/C16H18N2OS2/c1-2-5-13(14-7-4-10-20-14)18-16(19)15-12(6-3-9-17)8-11-21-15/h4,7-8,10-11,13H,2,5,9,17H2,1H3,(H,18,19). The lowest BCUT2D eigenvalue weighted by Gasteiger charge is -2.16. The molecule has 2 aromatic rings. The van der Waals surface area contributed by atoms with E-state index in [4.69, 9.17) is 5.73 Å². The molecule has 2 rings (SSSR count). The Morgan fingerprint density at radius 3 is 2.90 bits per heavy atom. The first-order valence-electron chi connectivity index (χ1n) is 6.87. The molecule has 3 nitrogen and oxygen atoms in total. The van der Waals surface area contributed by atoms with Crippen molar-refractivity contribution >= 4 is 28.6 Å². The van der Waals surface area contributed by atoms with Crippen LogP contribution in [0.15, 0.2) is 29.0 Å². The van der Waals surface area contributed by atoms with Crippen molar-refractivity contribution < 1.29 is 4.79 Å². The number of carbonyl (C=O) groups is 1. The maximum absolute atomic E-state index is 12.5. The van der Waals surface area contributed by atoms with Crippen LogP contribution in [0.25, 0.3) is 0 Å². The summed E-state index contributed by atoms with van der Waals surface area (Å²) >= 11 is 3.09. The van der Waals surface area contributed by atoms with Crippen LogP contribution in [0.4, 0.5) is 0 Å². The third-order valence-electron chi connectivity index (χ3n) is 2.97. The molecule has 3 N–H and O–H groups in total. The molecule has 0 aliphatic heterocycles. The molecule has 5 heteroatoms. The second kappa shape index (κ2) is 7.99. The molecule has 0 spiro atoms. The van der Waals surface area contributed by atoms with Gasteiger partial charge in [0, 0.05) is 10.4 Å². The lowest BCUT2D eigenvalue weighted by atomic mass is 10.1. The van der Waals surface area contributed by atoms with Crippen molar-refractivity contribution in [2.45, 2.75) is 25.8 Å². The average Bonchev–Trinajstić information content (AvgIpc) is 3.15. The third kappa shape index (κ3) is 4.18. The fraction of sp³-hybridized carbons (Fsp3) is 0.312. The first-order valence-corrected chi connectivity index (χ1v) is 8.62. The van der Waals surface area contributed by atoms with E-state index in [2.05, 4.69) is 30.1 Å². The summed E-state index contributed by atoms with van der Waals surface area (Å²) in [7, 11) is 0. The quantitative estimate of drug-likeness (QED) is 0.830. The average molecular weight is 318 g/mol. The van der Waals surface area contributed by atoms with Gasteiger partial charge in [0.1, 0.15) is 4.88 Å². The predicted molar refractivity (Wildman–Crippen MR) is 89.7 cm³/mol. The van der Waals surface area contributed by atoms with Crippen molar-refractivity contribution in [3.63, 3.8) is 0 Å². The minimum absolute atomic E-state index is 0.0572. The molecule has 0 radical (unpaired) electrons. The number of amides is 1. The van der Waals surface area contributed by atoms with Crippen LogP contribution in [0.2, 0.25) is 0 Å². The molecular formula is C16H18N2OS2. The fourth-order valence-corrected chi connectivity index (χ4v) is 3.58. The molecule has 1 atom stereocenters. The van der Waals surface area contributed by atoms with E-state index in [1.165, 1.54) is 16.2 Å². The molecule has 2 heterocycles. The van der Waals surface area contributed by atoms with Crippen LogP contribution in [0.1, 0.15) is 45.9 Å². The van der Waals surface area contributed by atoms with Crippen LogP contribution in [-0.4, -0.2) is 12.5 Å². The summed E-state index contributed by atoms with van der Waals surface area (Å²) < 4.78 is 0. The molecule has 0 aliphatic rings. The van der Waals surface area contributed by atoms with Gasteiger partial charge >= 0.3 is 0 Å². The normalized spacial score (nSPS) is 11.5. The van der Waals surface area contributed by atoms with Crippen molar-refractivity contribution in [1.82, 2.24) is 5.32 Å². The highest BCUT2D eigenvalue weighted by Crippen LogP contribution is 2.25. The van der Waals surface area contributed by atoms with Gasteiger partial charge in [-0.25, -0.2) is 0 Å². The smallest absolute Gasteiger partial charge is 0.263 e. The van der Waals surface area contributed by atoms with Gasteiger partial charge < -0.3 is 11.1 Å². The molecule has 1 amide bonds. The summed E-state index contributed by atoms with van der Waals surface area (Å²) in [4.78, 5) is 14.3. The highest BCUT2D eigenvalue weighted by Gasteiger charge is 2.18. The number of nitrogens with one attached hydrogen (secondary N) is 1. The fourth-order valence-electron chi connectivity index (χ4n) is 2.02. The van der Waals surface area contributed by atoms with Crippen molar-refractivity contribution in [3.05, 3.63) is 44.3 Å². The molecule has 1 unspecified atom stereocenters. The van der Waals surface area contributed by atoms with Crippen LogP contribution < -0.4 is 11.1 Å². The summed E-state index contributed by atoms with van der Waals surface area (Å²) in [6.07, 6.45) is 1.95. The van der Waals surface area contributed by atoms with Crippen LogP contribution in [-0.2, 0) is 0 Å². The molecule has 0 aliphatic carbocycles. The Labute approximate surface area is 133 Å². The molecule has 0 aromatic carbocycles. The van der Waals surface area contributed by atoms with E-state index in [1.54, 1.807) is 11.3 Å². The first-order chi connectivity index (χ1) is 10.3. The van der Waals surface area contributed by atoms with Crippen LogP contribution in [0, 0.1) is 11.8 Å². The highest BCUT2D eigenvalue weighted by atomic mass is 32.1. The van der Waals surface area contributed by atoms with E-state index in [1.807, 2.05) is 22.9 Å². The highest BCUT2D eigenvalue weighted by molar-refractivity contribution is 7.12. The van der Waals surface area contributed by atoms with Crippen molar-refractivity contribution in [2.75, 3.05) is 6.54 Å². The monoisotopic (exact) mass is 318 g/mol. The van der Waals surface area contributed by atoms with Crippen molar-refractivity contribution in [2.24, 2.45) is 5.73 Å². The van der Waals surface area contributed by atoms with E-state index in [-0.39, 0.29) is 11.9 Å². The van der Waals surface area contributed by atoms with Crippen molar-refractivity contribution in [3.8, 4) is 11.8 Å². The molecule has 0 saturated heterocycles. The number of thiophene rings is 2. The Balaban J connectivity index is 2.14. The molecule has 21 heavy (non-hydrogen) atoms. The number of hydrogen-bond donors (Lipinski definition) is 2. The van der Waals surface area contributed by atoms with E-state index in [0.29, 0.717) is 11.4 Å². The number of hydrogen-bond acceptors (Lipinski definition) is 4. The lowest BCUT2D eigenvalue weighted by molar-refractivity contribution is 0.0939. The van der Waals surface area contributed by atoms with Gasteiger partial charge in [-0.2, -0.15) is 0 Å². The zero-order valence-electron chi connectivity index (χ0n) is 11.9. The van der Waals surface area contributed by atoms with E-state index in [0.717, 1.165) is 18.4 Å². The zero-order chi connectivity index (χ0) is 15.1. The maximum Gasteiger partial charge on any atom is 0.263 e. The van der Waals surface area contributed by atoms with Gasteiger partial charge in [0.2, 0.25) is 0 Å². The minimum Gasteiger partial charge on any atom is -0.344 e. The third-order valence-corrected chi connectivity index (χ3v) is 4.87. The summed E-state index contributed by atoms with van der Waals surface area (Å²) in [6.45, 7) is 2.42. The summed E-state index contributed by atoms with van der Waals surface area (Å²) in [5.41, 5.74) is 6.14. The summed E-state index contributed by atoms with van der Waals surface area (Å²) in [5.74, 6) is 5.69. The number of carbonyl (C=O) groups excluding carboxylic acids is 1. The Morgan fingerprint density at radius 1 is 1.38 bits per heavy atom. The van der Waals surface area contributed by atoms with Gasteiger partial charge in [0.25, 0.3) is 5.91 Å². The topological polar surface area (TPSA) is 55.1 Å². The van der Waals surface area contributed by atoms with Crippen LogP contribution >= 0.6 is 22.7 Å². The Morgan fingerprint density at radius 2 is 2.24 bits per heavy atom. The zero-order valence-corrected chi connectivity index (χ0v) is 13.5. The van der Waals surface area contributed by atoms with E-state index >= 15 is 0 Å². The summed E-state index contributed by atoms with van der Waals surface area (Å²) in [6, 6.07) is 6.01. The largest absolute Gasteiger partial charge is 0.344 e. The Hall–Kier alpha value is -1.61. The SMILES string of the molecule is CCCC(NC(=O)c1sccc1C#CCN)c1cccs1. The van der Waals surface area contributed by atoms with Gasteiger partial charge in [-0.1, -0.05) is 31.3 Å². The molecule has 0 saturated carbocycles. The number of rotatable bonds is 5. The van der Waals surface area contributed by atoms with E-state index < -0.39 is 0 Å². The molecule has 2 aromatic heterocycles. The Bertz CT molecular complexity index is 635. The van der Waals surface area contributed by atoms with Gasteiger partial charge in [0.15, 0.2) is 0 Å². The second-order valence-corrected chi connectivity index (χ2v) is 6.39. The molecular weight excluding hydrogens is 300 g/mol. The van der Waals surface area contributed by atoms with Gasteiger partial charge in [-0.3, -0.25) is 4.79 Å². The first kappa shape index (κ1) is 15.8. The molecule has 0 fully saturated rings. The van der Waals surface area contributed by atoms with Gasteiger partial charge in [-0.05, 0) is 29.3 Å². The molecule has 110 valence electrons. The van der Waals surface area contributed by atoms with Gasteiger partial charge in [-0.15, -0.1) is 22.7 Å². The minimum atomic E-state index is -0.0572. The van der Waals surface area contributed by atoms with Crippen LogP contribution in [0.3, 0.4) is 0 Å². The Kier molecular flexibility index (Phi) is 6.00. The number of nitrogens with two attached hydrogens (primary N) is 1. The second-order valence-electron chi connectivity index (χ2n) is 4.50.